The second-order valence-corrected chi connectivity index (χ2v) is 5.12. The van der Waals surface area contributed by atoms with Gasteiger partial charge in [-0.2, -0.15) is 0 Å². The average molecular weight is 328 g/mol. The molecule has 2 aromatic carbocycles. The highest BCUT2D eigenvalue weighted by molar-refractivity contribution is 6.43. The SMILES string of the molecule is Clc1ccc(Cl)c(Cl)c1.Clc1ccc(Cl)cc1. The lowest BCUT2D eigenvalue weighted by Gasteiger charge is -1.92. The van der Waals surface area contributed by atoms with Crippen molar-refractivity contribution in [1.29, 1.82) is 0 Å². The molecule has 0 saturated heterocycles. The second-order valence-electron chi connectivity index (χ2n) is 2.99. The zero-order valence-electron chi connectivity index (χ0n) is 8.43. The van der Waals surface area contributed by atoms with Crippen molar-refractivity contribution in [3.63, 3.8) is 0 Å². The molecule has 5 heteroatoms. The Morgan fingerprint density at radius 2 is 0.882 bits per heavy atom. The van der Waals surface area contributed by atoms with Gasteiger partial charge in [-0.1, -0.05) is 58.0 Å². The third kappa shape index (κ3) is 5.85. The van der Waals surface area contributed by atoms with Crippen molar-refractivity contribution in [2.45, 2.75) is 0 Å². The molecule has 0 bridgehead atoms. The highest BCUT2D eigenvalue weighted by atomic mass is 35.5. The molecule has 0 nitrogen and oxygen atoms in total. The van der Waals surface area contributed by atoms with Crippen molar-refractivity contribution >= 4 is 58.0 Å². The molecule has 0 unspecified atom stereocenters. The highest BCUT2D eigenvalue weighted by Gasteiger charge is 1.95. The summed E-state index contributed by atoms with van der Waals surface area (Å²) in [6, 6.07) is 12.0. The fraction of sp³-hybridized carbons (Fsp3) is 0. The predicted octanol–water partition coefficient (Wildman–Crippen LogP) is 6.64. The zero-order chi connectivity index (χ0) is 12.8. The molecule has 0 aliphatic carbocycles. The third-order valence-electron chi connectivity index (χ3n) is 1.69. The van der Waals surface area contributed by atoms with Crippen LogP contribution in [0.1, 0.15) is 0 Å². The topological polar surface area (TPSA) is 0 Å². The summed E-state index contributed by atoms with van der Waals surface area (Å²) in [4.78, 5) is 0. The maximum atomic E-state index is 5.60. The van der Waals surface area contributed by atoms with E-state index in [0.29, 0.717) is 15.1 Å². The molecule has 0 saturated carbocycles. The minimum absolute atomic E-state index is 0.490. The van der Waals surface area contributed by atoms with Crippen LogP contribution in [0.3, 0.4) is 0 Å². The molecular formula is C12H7Cl5. The van der Waals surface area contributed by atoms with Gasteiger partial charge in [0, 0.05) is 15.1 Å². The van der Waals surface area contributed by atoms with E-state index < -0.39 is 0 Å². The molecule has 0 fully saturated rings. The van der Waals surface area contributed by atoms with E-state index >= 15 is 0 Å². The Balaban J connectivity index is 0.000000171. The Hall–Kier alpha value is -0.110. The van der Waals surface area contributed by atoms with Crippen LogP contribution < -0.4 is 0 Å². The highest BCUT2D eigenvalue weighted by Crippen LogP contribution is 2.24. The van der Waals surface area contributed by atoms with Crippen LogP contribution in [0.2, 0.25) is 25.1 Å². The molecule has 0 aliphatic heterocycles. The minimum Gasteiger partial charge on any atom is -0.0843 e. The van der Waals surface area contributed by atoms with Gasteiger partial charge in [-0.15, -0.1) is 0 Å². The fourth-order valence-corrected chi connectivity index (χ4v) is 1.68. The number of halogens is 5. The van der Waals surface area contributed by atoms with Crippen LogP contribution in [0.25, 0.3) is 0 Å². The molecule has 0 atom stereocenters. The Morgan fingerprint density at radius 1 is 0.471 bits per heavy atom. The van der Waals surface area contributed by atoms with Gasteiger partial charge in [0.05, 0.1) is 10.0 Å². The van der Waals surface area contributed by atoms with E-state index in [1.54, 1.807) is 42.5 Å². The van der Waals surface area contributed by atoms with E-state index in [1.807, 2.05) is 0 Å². The van der Waals surface area contributed by atoms with Gasteiger partial charge in [-0.05, 0) is 42.5 Å². The van der Waals surface area contributed by atoms with Crippen molar-refractivity contribution in [1.82, 2.24) is 0 Å². The summed E-state index contributed by atoms with van der Waals surface area (Å²) < 4.78 is 0. The maximum absolute atomic E-state index is 5.60. The lowest BCUT2D eigenvalue weighted by molar-refractivity contribution is 1.70. The Labute approximate surface area is 125 Å². The summed E-state index contributed by atoms with van der Waals surface area (Å²) in [5.41, 5.74) is 0. The largest absolute Gasteiger partial charge is 0.0843 e. The zero-order valence-corrected chi connectivity index (χ0v) is 12.2. The standard InChI is InChI=1S/C6H3Cl3.C6H4Cl2/c7-4-1-2-5(8)6(9)3-4;7-5-1-2-6(8)4-3-5/h1-3H;1-4H. The molecule has 0 aromatic heterocycles. The molecule has 2 rings (SSSR count). The van der Waals surface area contributed by atoms with Gasteiger partial charge in [0.1, 0.15) is 0 Å². The van der Waals surface area contributed by atoms with Gasteiger partial charge in [0.25, 0.3) is 0 Å². The van der Waals surface area contributed by atoms with Gasteiger partial charge in [-0.3, -0.25) is 0 Å². The molecule has 17 heavy (non-hydrogen) atoms. The van der Waals surface area contributed by atoms with Gasteiger partial charge in [-0.25, -0.2) is 0 Å². The average Bonchev–Trinajstić information content (AvgIpc) is 2.29. The number of benzene rings is 2. The van der Waals surface area contributed by atoms with Gasteiger partial charge in [0.2, 0.25) is 0 Å². The number of hydrogen-bond donors (Lipinski definition) is 0. The summed E-state index contributed by atoms with van der Waals surface area (Å²) >= 11 is 27.9. The molecule has 0 amide bonds. The summed E-state index contributed by atoms with van der Waals surface area (Å²) in [5, 5.41) is 3.05. The third-order valence-corrected chi connectivity index (χ3v) is 3.16. The summed E-state index contributed by atoms with van der Waals surface area (Å²) in [6.07, 6.45) is 0. The van der Waals surface area contributed by atoms with Crippen molar-refractivity contribution in [3.05, 3.63) is 67.6 Å². The van der Waals surface area contributed by atoms with Crippen molar-refractivity contribution < 1.29 is 0 Å². The molecule has 0 radical (unpaired) electrons. The molecule has 0 spiro atoms. The predicted molar refractivity (Wildman–Crippen MR) is 77.9 cm³/mol. The molecule has 0 N–H and O–H groups in total. The van der Waals surface area contributed by atoms with E-state index in [2.05, 4.69) is 0 Å². The smallest absolute Gasteiger partial charge is 0.0607 e. The van der Waals surface area contributed by atoms with E-state index in [4.69, 9.17) is 58.0 Å². The van der Waals surface area contributed by atoms with Crippen molar-refractivity contribution in [2.24, 2.45) is 0 Å². The van der Waals surface area contributed by atoms with E-state index in [0.717, 1.165) is 10.0 Å². The molecular weight excluding hydrogens is 321 g/mol. The first-order valence-corrected chi connectivity index (χ1v) is 6.39. The lowest BCUT2D eigenvalue weighted by atomic mass is 10.4. The summed E-state index contributed by atoms with van der Waals surface area (Å²) in [7, 11) is 0. The quantitative estimate of drug-likeness (QED) is 0.475. The number of rotatable bonds is 0. The van der Waals surface area contributed by atoms with Crippen molar-refractivity contribution in [3.8, 4) is 0 Å². The van der Waals surface area contributed by atoms with Crippen LogP contribution in [0, 0.1) is 0 Å². The monoisotopic (exact) mass is 326 g/mol. The van der Waals surface area contributed by atoms with Crippen LogP contribution in [-0.4, -0.2) is 0 Å². The van der Waals surface area contributed by atoms with Crippen LogP contribution in [0.15, 0.2) is 42.5 Å². The first-order valence-electron chi connectivity index (χ1n) is 4.50. The first-order chi connectivity index (χ1) is 7.99. The summed E-state index contributed by atoms with van der Waals surface area (Å²) in [6.45, 7) is 0. The van der Waals surface area contributed by atoms with Gasteiger partial charge < -0.3 is 0 Å². The van der Waals surface area contributed by atoms with E-state index in [-0.39, 0.29) is 0 Å². The van der Waals surface area contributed by atoms with Crippen LogP contribution in [0.5, 0.6) is 0 Å². The molecule has 2 aromatic rings. The Bertz CT molecular complexity index is 458. The molecule has 0 aliphatic rings. The van der Waals surface area contributed by atoms with Crippen molar-refractivity contribution in [2.75, 3.05) is 0 Å². The number of hydrogen-bond acceptors (Lipinski definition) is 0. The first kappa shape index (κ1) is 14.9. The lowest BCUT2D eigenvalue weighted by Crippen LogP contribution is -1.66. The minimum atomic E-state index is 0.490. The van der Waals surface area contributed by atoms with Crippen LogP contribution in [0.4, 0.5) is 0 Å². The Morgan fingerprint density at radius 3 is 1.24 bits per heavy atom. The van der Waals surface area contributed by atoms with E-state index in [9.17, 15) is 0 Å². The van der Waals surface area contributed by atoms with Gasteiger partial charge >= 0.3 is 0 Å². The normalized spacial score (nSPS) is 9.47. The Kier molecular flexibility index (Phi) is 6.47. The summed E-state index contributed by atoms with van der Waals surface area (Å²) in [5.74, 6) is 0. The van der Waals surface area contributed by atoms with Gasteiger partial charge in [0.15, 0.2) is 0 Å². The van der Waals surface area contributed by atoms with E-state index in [1.165, 1.54) is 0 Å². The van der Waals surface area contributed by atoms with Crippen LogP contribution >= 0.6 is 58.0 Å². The fourth-order valence-electron chi connectivity index (χ4n) is 0.900. The molecule has 0 heterocycles. The molecule has 90 valence electrons. The maximum Gasteiger partial charge on any atom is 0.0607 e. The second kappa shape index (κ2) is 7.35. The van der Waals surface area contributed by atoms with Crippen LogP contribution in [-0.2, 0) is 0 Å².